The Morgan fingerprint density at radius 2 is 2.40 bits per heavy atom. The molecule has 2 aliphatic heterocycles. The van der Waals surface area contributed by atoms with E-state index in [1.165, 1.54) is 6.42 Å². The molecule has 2 saturated heterocycles. The van der Waals surface area contributed by atoms with Gasteiger partial charge in [0.25, 0.3) is 5.91 Å². The van der Waals surface area contributed by atoms with Gasteiger partial charge < -0.3 is 10.6 Å². The fraction of sp³-hybridized carbons (Fsp3) is 0.429. The predicted molar refractivity (Wildman–Crippen MR) is 83.1 cm³/mol. The molecule has 2 fully saturated rings. The summed E-state index contributed by atoms with van der Waals surface area (Å²) in [4.78, 5) is 16.6. The van der Waals surface area contributed by atoms with Crippen LogP contribution >= 0.6 is 27.3 Å². The fourth-order valence-electron chi connectivity index (χ4n) is 3.25. The number of aromatic nitrogens is 1. The van der Waals surface area contributed by atoms with E-state index in [-0.39, 0.29) is 11.9 Å². The molecule has 0 radical (unpaired) electrons. The first-order valence-electron chi connectivity index (χ1n) is 6.80. The molecular weight excluding hydrogens is 338 g/mol. The number of fused-ring (bicyclic) bond motifs is 3. The van der Waals surface area contributed by atoms with Crippen LogP contribution in [0, 0.1) is 0 Å². The van der Waals surface area contributed by atoms with Crippen molar-refractivity contribution < 1.29 is 4.79 Å². The molecule has 1 amide bonds. The lowest BCUT2D eigenvalue weighted by molar-refractivity contribution is 0.0926. The number of amides is 1. The van der Waals surface area contributed by atoms with Crippen molar-refractivity contribution >= 4 is 43.3 Å². The van der Waals surface area contributed by atoms with E-state index in [9.17, 15) is 4.79 Å². The van der Waals surface area contributed by atoms with Gasteiger partial charge in [0.15, 0.2) is 0 Å². The van der Waals surface area contributed by atoms with Crippen LogP contribution in [0.1, 0.15) is 29.8 Å². The molecule has 4 heterocycles. The van der Waals surface area contributed by atoms with Crippen LogP contribution in [-0.4, -0.2) is 29.0 Å². The summed E-state index contributed by atoms with van der Waals surface area (Å²) in [7, 11) is 0. The van der Waals surface area contributed by atoms with E-state index in [2.05, 4.69) is 31.5 Å². The molecule has 2 aromatic heterocycles. The van der Waals surface area contributed by atoms with Crippen molar-refractivity contribution in [3.63, 3.8) is 0 Å². The third-order valence-corrected chi connectivity index (χ3v) is 6.16. The molecule has 2 N–H and O–H groups in total. The molecule has 4 rings (SSSR count). The van der Waals surface area contributed by atoms with Gasteiger partial charge in [0.2, 0.25) is 0 Å². The summed E-state index contributed by atoms with van der Waals surface area (Å²) in [6, 6.07) is 3.16. The van der Waals surface area contributed by atoms with Crippen molar-refractivity contribution in [2.24, 2.45) is 0 Å². The van der Waals surface area contributed by atoms with E-state index in [4.69, 9.17) is 0 Å². The topological polar surface area (TPSA) is 54.0 Å². The van der Waals surface area contributed by atoms with Crippen molar-refractivity contribution in [2.75, 3.05) is 0 Å². The number of hydrogen-bond donors (Lipinski definition) is 2. The number of thiophene rings is 1. The average Bonchev–Trinajstić information content (AvgIpc) is 3.15. The lowest BCUT2D eigenvalue weighted by atomic mass is 9.95. The van der Waals surface area contributed by atoms with E-state index < -0.39 is 0 Å². The zero-order chi connectivity index (χ0) is 13.7. The molecule has 20 heavy (non-hydrogen) atoms. The van der Waals surface area contributed by atoms with Gasteiger partial charge >= 0.3 is 0 Å². The smallest absolute Gasteiger partial charge is 0.270 e. The van der Waals surface area contributed by atoms with E-state index in [1.807, 2.05) is 11.4 Å². The highest BCUT2D eigenvalue weighted by Crippen LogP contribution is 2.31. The summed E-state index contributed by atoms with van der Waals surface area (Å²) in [5.74, 6) is -0.0654. The molecule has 0 aromatic carbocycles. The lowest BCUT2D eigenvalue weighted by Gasteiger charge is -2.21. The Labute approximate surface area is 129 Å². The van der Waals surface area contributed by atoms with Crippen molar-refractivity contribution in [1.82, 2.24) is 15.6 Å². The summed E-state index contributed by atoms with van der Waals surface area (Å²) >= 11 is 5.13. The molecule has 0 unspecified atom stereocenters. The van der Waals surface area contributed by atoms with Crippen LogP contribution in [0.15, 0.2) is 22.1 Å². The van der Waals surface area contributed by atoms with Gasteiger partial charge in [-0.1, -0.05) is 0 Å². The molecule has 3 atom stereocenters. The molecule has 0 aliphatic carbocycles. The van der Waals surface area contributed by atoms with Gasteiger partial charge in [-0.05, 0) is 41.3 Å². The number of carbonyl (C=O) groups excluding carboxylic acids is 1. The number of nitrogens with one attached hydrogen (secondary N) is 2. The second-order valence-electron chi connectivity index (χ2n) is 5.51. The van der Waals surface area contributed by atoms with Gasteiger partial charge in [-0.25, -0.2) is 4.98 Å². The van der Waals surface area contributed by atoms with Crippen LogP contribution in [0.5, 0.6) is 0 Å². The summed E-state index contributed by atoms with van der Waals surface area (Å²) in [5.41, 5.74) is 0.499. The second-order valence-corrected chi connectivity index (χ2v) is 7.28. The van der Waals surface area contributed by atoms with Gasteiger partial charge in [0.1, 0.15) is 5.69 Å². The summed E-state index contributed by atoms with van der Waals surface area (Å²) < 4.78 is 2.12. The van der Waals surface area contributed by atoms with Crippen molar-refractivity contribution in [2.45, 2.75) is 37.4 Å². The molecule has 4 nitrogen and oxygen atoms in total. The minimum Gasteiger partial charge on any atom is -0.346 e. The minimum absolute atomic E-state index is 0.0654. The van der Waals surface area contributed by atoms with E-state index in [0.717, 1.165) is 27.4 Å². The Morgan fingerprint density at radius 1 is 1.50 bits per heavy atom. The highest BCUT2D eigenvalue weighted by atomic mass is 79.9. The van der Waals surface area contributed by atoms with Gasteiger partial charge in [-0.3, -0.25) is 4.79 Å². The largest absolute Gasteiger partial charge is 0.346 e. The number of halogens is 1. The third-order valence-electron chi connectivity index (χ3n) is 4.26. The van der Waals surface area contributed by atoms with Crippen LogP contribution < -0.4 is 10.6 Å². The van der Waals surface area contributed by atoms with Crippen molar-refractivity contribution in [1.29, 1.82) is 0 Å². The maximum atomic E-state index is 12.3. The van der Waals surface area contributed by atoms with E-state index in [1.54, 1.807) is 17.5 Å². The fourth-order valence-corrected chi connectivity index (χ4v) is 4.76. The van der Waals surface area contributed by atoms with E-state index >= 15 is 0 Å². The Balaban J connectivity index is 1.56. The molecule has 104 valence electrons. The maximum Gasteiger partial charge on any atom is 0.270 e. The zero-order valence-corrected chi connectivity index (χ0v) is 13.1. The number of rotatable bonds is 2. The van der Waals surface area contributed by atoms with Crippen LogP contribution in [0.3, 0.4) is 0 Å². The molecule has 0 spiro atoms. The average molecular weight is 352 g/mol. The normalized spacial score (nSPS) is 28.1. The Morgan fingerprint density at radius 3 is 3.15 bits per heavy atom. The molecular formula is C14H14BrN3OS. The van der Waals surface area contributed by atoms with Crippen LogP contribution in [0.2, 0.25) is 0 Å². The zero-order valence-electron chi connectivity index (χ0n) is 10.7. The minimum atomic E-state index is -0.0654. The Bertz CT molecular complexity index is 686. The van der Waals surface area contributed by atoms with Crippen molar-refractivity contribution in [3.05, 3.63) is 27.8 Å². The standard InChI is InChI=1S/C14H14BrN3OS/c15-9-6-20-13-5-16-12(4-8(9)13)14(19)18-11-3-7-1-2-10(11)17-7/h4-7,10-11,17H,1-3H2,(H,18,19)/t7-,10+,11-/m1/s1. The van der Waals surface area contributed by atoms with Crippen LogP contribution in [0.4, 0.5) is 0 Å². The highest BCUT2D eigenvalue weighted by molar-refractivity contribution is 9.10. The van der Waals surface area contributed by atoms with Gasteiger partial charge in [0, 0.05) is 39.6 Å². The monoisotopic (exact) mass is 351 g/mol. The highest BCUT2D eigenvalue weighted by Gasteiger charge is 2.39. The SMILES string of the molecule is O=C(N[C@@H]1C[C@H]2CC[C@@H]1N2)c1cc2c(Br)csc2cn1. The van der Waals surface area contributed by atoms with Crippen LogP contribution in [-0.2, 0) is 0 Å². The van der Waals surface area contributed by atoms with E-state index in [0.29, 0.717) is 17.8 Å². The number of hydrogen-bond acceptors (Lipinski definition) is 4. The molecule has 2 aromatic rings. The third kappa shape index (κ3) is 2.06. The molecule has 2 bridgehead atoms. The summed E-state index contributed by atoms with van der Waals surface area (Å²) in [6.07, 6.45) is 5.22. The Kier molecular flexibility index (Phi) is 3.05. The molecule has 6 heteroatoms. The van der Waals surface area contributed by atoms with Crippen LogP contribution in [0.25, 0.3) is 10.1 Å². The summed E-state index contributed by atoms with van der Waals surface area (Å²) in [5, 5.41) is 9.73. The maximum absolute atomic E-state index is 12.3. The predicted octanol–water partition coefficient (Wildman–Crippen LogP) is 2.68. The number of pyridine rings is 1. The second kappa shape index (κ2) is 4.79. The number of nitrogens with zero attached hydrogens (tertiary/aromatic N) is 1. The number of carbonyl (C=O) groups is 1. The summed E-state index contributed by atoms with van der Waals surface area (Å²) in [6.45, 7) is 0. The first kappa shape index (κ1) is 12.7. The van der Waals surface area contributed by atoms with Gasteiger partial charge in [-0.15, -0.1) is 11.3 Å². The van der Waals surface area contributed by atoms with Gasteiger partial charge in [0.05, 0.1) is 4.70 Å². The quantitative estimate of drug-likeness (QED) is 0.874. The molecule has 0 saturated carbocycles. The Hall–Kier alpha value is -0.980. The van der Waals surface area contributed by atoms with Crippen molar-refractivity contribution in [3.8, 4) is 0 Å². The first-order chi connectivity index (χ1) is 9.70. The lowest BCUT2D eigenvalue weighted by Crippen LogP contribution is -2.43. The first-order valence-corrected chi connectivity index (χ1v) is 8.47. The van der Waals surface area contributed by atoms with Gasteiger partial charge in [-0.2, -0.15) is 0 Å². The molecule has 2 aliphatic rings.